The van der Waals surface area contributed by atoms with Crippen molar-refractivity contribution in [2.75, 3.05) is 19.8 Å². The van der Waals surface area contributed by atoms with Gasteiger partial charge in [0.15, 0.2) is 15.8 Å². The van der Waals surface area contributed by atoms with E-state index < -0.39 is 9.84 Å². The fourth-order valence-electron chi connectivity index (χ4n) is 3.52. The van der Waals surface area contributed by atoms with Crippen LogP contribution in [0.3, 0.4) is 0 Å². The van der Waals surface area contributed by atoms with Crippen LogP contribution < -0.4 is 15.4 Å². The number of benzene rings is 2. The molecule has 1 aliphatic heterocycles. The van der Waals surface area contributed by atoms with E-state index >= 15 is 0 Å². The quantitative estimate of drug-likeness (QED) is 0.579. The Morgan fingerprint density at radius 1 is 1.17 bits per heavy atom. The van der Waals surface area contributed by atoms with Crippen LogP contribution in [0.4, 0.5) is 0 Å². The zero-order chi connectivity index (χ0) is 21.1. The first-order valence-electron chi connectivity index (χ1n) is 9.72. The minimum Gasteiger partial charge on any atom is -0.487 e. The second-order valence-corrected chi connectivity index (χ2v) is 9.98. The molecule has 7 heteroatoms. The first-order chi connectivity index (χ1) is 13.7. The van der Waals surface area contributed by atoms with Gasteiger partial charge in [-0.2, -0.15) is 0 Å². The number of hydrogen-bond donors (Lipinski definition) is 2. The van der Waals surface area contributed by atoms with Crippen LogP contribution in [0, 0.1) is 0 Å². The zero-order valence-electron chi connectivity index (χ0n) is 17.4. The summed E-state index contributed by atoms with van der Waals surface area (Å²) in [6, 6.07) is 15.2. The number of ether oxygens (including phenoxy) is 1. The molecule has 2 N–H and O–H groups in total. The molecule has 0 aliphatic carbocycles. The Hall–Kier alpha value is -2.54. The number of aliphatic imine (C=N–C) groups is 1. The van der Waals surface area contributed by atoms with E-state index in [4.69, 9.17) is 4.74 Å². The zero-order valence-corrected chi connectivity index (χ0v) is 18.2. The van der Waals surface area contributed by atoms with Crippen LogP contribution in [-0.2, 0) is 16.3 Å². The van der Waals surface area contributed by atoms with Gasteiger partial charge in [0.25, 0.3) is 0 Å². The van der Waals surface area contributed by atoms with Crippen LogP contribution in [0.2, 0.25) is 0 Å². The van der Waals surface area contributed by atoms with Crippen molar-refractivity contribution in [2.45, 2.75) is 43.2 Å². The Morgan fingerprint density at radius 3 is 2.52 bits per heavy atom. The van der Waals surface area contributed by atoms with Gasteiger partial charge in [-0.15, -0.1) is 0 Å². The van der Waals surface area contributed by atoms with Crippen molar-refractivity contribution >= 4 is 15.8 Å². The van der Waals surface area contributed by atoms with E-state index in [0.29, 0.717) is 11.4 Å². The number of hydrogen-bond acceptors (Lipinski definition) is 4. The van der Waals surface area contributed by atoms with Crippen molar-refractivity contribution in [2.24, 2.45) is 4.99 Å². The van der Waals surface area contributed by atoms with Gasteiger partial charge in [-0.05, 0) is 44.0 Å². The Labute approximate surface area is 173 Å². The van der Waals surface area contributed by atoms with Crippen LogP contribution in [0.15, 0.2) is 58.4 Å². The number of fused-ring (bicyclic) bond motifs is 1. The van der Waals surface area contributed by atoms with E-state index in [1.165, 1.54) is 6.26 Å². The average molecular weight is 416 g/mol. The minimum atomic E-state index is -3.16. The second-order valence-electron chi connectivity index (χ2n) is 7.97. The van der Waals surface area contributed by atoms with Gasteiger partial charge in [0.1, 0.15) is 11.4 Å². The topological polar surface area (TPSA) is 79.8 Å². The Kier molecular flexibility index (Phi) is 6.17. The van der Waals surface area contributed by atoms with E-state index in [9.17, 15) is 8.42 Å². The molecule has 0 aromatic heterocycles. The molecule has 3 rings (SSSR count). The Bertz CT molecular complexity index is 983. The van der Waals surface area contributed by atoms with Crippen LogP contribution in [0.1, 0.15) is 37.4 Å². The third-order valence-corrected chi connectivity index (χ3v) is 6.10. The SMILES string of the molecule is CN=C(NCCc1ccc(S(C)(=O)=O)cc1)NC1CC(C)(C)Oc2ccccc21. The highest BCUT2D eigenvalue weighted by atomic mass is 32.2. The third-order valence-electron chi connectivity index (χ3n) is 4.97. The smallest absolute Gasteiger partial charge is 0.191 e. The lowest BCUT2D eigenvalue weighted by Crippen LogP contribution is -2.45. The molecule has 1 atom stereocenters. The molecule has 0 bridgehead atoms. The van der Waals surface area contributed by atoms with Crippen molar-refractivity contribution in [3.63, 3.8) is 0 Å². The van der Waals surface area contributed by atoms with Crippen molar-refractivity contribution < 1.29 is 13.2 Å². The molecule has 0 saturated carbocycles. The lowest BCUT2D eigenvalue weighted by atomic mass is 9.90. The van der Waals surface area contributed by atoms with Crippen molar-refractivity contribution in [3.05, 3.63) is 59.7 Å². The van der Waals surface area contributed by atoms with E-state index in [1.54, 1.807) is 19.2 Å². The van der Waals surface area contributed by atoms with E-state index in [-0.39, 0.29) is 11.6 Å². The molecule has 0 spiro atoms. The lowest BCUT2D eigenvalue weighted by molar-refractivity contribution is 0.0694. The normalized spacial score (nSPS) is 18.5. The summed E-state index contributed by atoms with van der Waals surface area (Å²) in [4.78, 5) is 4.69. The molecule has 1 aliphatic rings. The van der Waals surface area contributed by atoms with Crippen molar-refractivity contribution in [1.29, 1.82) is 0 Å². The maximum Gasteiger partial charge on any atom is 0.191 e. The predicted molar refractivity (Wildman–Crippen MR) is 116 cm³/mol. The summed E-state index contributed by atoms with van der Waals surface area (Å²) in [5.41, 5.74) is 1.94. The highest BCUT2D eigenvalue weighted by Gasteiger charge is 2.33. The van der Waals surface area contributed by atoms with Gasteiger partial charge >= 0.3 is 0 Å². The summed E-state index contributed by atoms with van der Waals surface area (Å²) in [6.07, 6.45) is 2.81. The van der Waals surface area contributed by atoms with E-state index in [1.807, 2.05) is 30.3 Å². The summed E-state index contributed by atoms with van der Waals surface area (Å²) < 4.78 is 29.2. The number of guanidine groups is 1. The van der Waals surface area contributed by atoms with Gasteiger partial charge in [-0.1, -0.05) is 30.3 Å². The maximum absolute atomic E-state index is 11.6. The van der Waals surface area contributed by atoms with Crippen LogP contribution in [0.5, 0.6) is 5.75 Å². The summed E-state index contributed by atoms with van der Waals surface area (Å²) in [6.45, 7) is 4.87. The fourth-order valence-corrected chi connectivity index (χ4v) is 4.15. The molecular weight excluding hydrogens is 386 g/mol. The summed E-state index contributed by atoms with van der Waals surface area (Å²) in [7, 11) is -1.41. The van der Waals surface area contributed by atoms with Crippen molar-refractivity contribution in [1.82, 2.24) is 10.6 Å². The fraction of sp³-hybridized carbons (Fsp3) is 0.409. The largest absolute Gasteiger partial charge is 0.487 e. The molecule has 6 nitrogen and oxygen atoms in total. The molecule has 0 fully saturated rings. The van der Waals surface area contributed by atoms with Gasteiger partial charge in [0.05, 0.1) is 10.9 Å². The molecule has 0 radical (unpaired) electrons. The summed E-state index contributed by atoms with van der Waals surface area (Å²) >= 11 is 0. The number of nitrogens with one attached hydrogen (secondary N) is 2. The van der Waals surface area contributed by atoms with Gasteiger partial charge in [-0.3, -0.25) is 4.99 Å². The van der Waals surface area contributed by atoms with Gasteiger partial charge in [-0.25, -0.2) is 8.42 Å². The predicted octanol–water partition coefficient (Wildman–Crippen LogP) is 3.10. The van der Waals surface area contributed by atoms with Crippen LogP contribution >= 0.6 is 0 Å². The maximum atomic E-state index is 11.6. The first kappa shape index (κ1) is 21.2. The number of sulfone groups is 1. The highest BCUT2D eigenvalue weighted by molar-refractivity contribution is 7.90. The monoisotopic (exact) mass is 415 g/mol. The number of nitrogens with zero attached hydrogens (tertiary/aromatic N) is 1. The van der Waals surface area contributed by atoms with Crippen LogP contribution in [-0.4, -0.2) is 39.8 Å². The minimum absolute atomic E-state index is 0.107. The van der Waals surface area contributed by atoms with Crippen LogP contribution in [0.25, 0.3) is 0 Å². The molecule has 0 saturated heterocycles. The standard InChI is InChI=1S/C22H29N3O3S/c1-22(2)15-19(18-7-5-6-8-20(18)28-22)25-21(23-3)24-14-13-16-9-11-17(12-10-16)29(4,26)27/h5-12,19H,13-15H2,1-4H3,(H2,23,24,25). The van der Waals surface area contributed by atoms with E-state index in [2.05, 4.69) is 35.5 Å². The molecule has 1 unspecified atom stereocenters. The molecule has 2 aromatic carbocycles. The van der Waals surface area contributed by atoms with Gasteiger partial charge in [0, 0.05) is 31.8 Å². The average Bonchev–Trinajstić information content (AvgIpc) is 2.66. The summed E-state index contributed by atoms with van der Waals surface area (Å²) in [5.74, 6) is 1.64. The van der Waals surface area contributed by atoms with Gasteiger partial charge in [0.2, 0.25) is 0 Å². The van der Waals surface area contributed by atoms with E-state index in [0.717, 1.165) is 35.7 Å². The molecule has 29 heavy (non-hydrogen) atoms. The summed E-state index contributed by atoms with van der Waals surface area (Å²) in [5, 5.41) is 6.86. The van der Waals surface area contributed by atoms with Gasteiger partial charge < -0.3 is 15.4 Å². The first-order valence-corrected chi connectivity index (χ1v) is 11.6. The third kappa shape index (κ3) is 5.50. The molecule has 156 valence electrons. The Balaban J connectivity index is 1.60. The lowest BCUT2D eigenvalue weighted by Gasteiger charge is -2.38. The second kappa shape index (κ2) is 8.45. The molecule has 1 heterocycles. The number of para-hydroxylation sites is 1. The molecular formula is C22H29N3O3S. The molecule has 2 aromatic rings. The van der Waals surface area contributed by atoms with Crippen molar-refractivity contribution in [3.8, 4) is 5.75 Å². The Morgan fingerprint density at radius 2 is 1.86 bits per heavy atom. The molecule has 0 amide bonds. The number of rotatable bonds is 5. The highest BCUT2D eigenvalue weighted by Crippen LogP contribution is 2.39.